The molecule has 7 nitrogen and oxygen atoms in total. The summed E-state index contributed by atoms with van der Waals surface area (Å²) in [6, 6.07) is 8.74. The lowest BCUT2D eigenvalue weighted by molar-refractivity contribution is -0.137. The van der Waals surface area contributed by atoms with Crippen molar-refractivity contribution < 1.29 is 14.7 Å². The van der Waals surface area contributed by atoms with E-state index in [2.05, 4.69) is 10.3 Å². The van der Waals surface area contributed by atoms with E-state index >= 15 is 0 Å². The Hall–Kier alpha value is -3.35. The van der Waals surface area contributed by atoms with Crippen LogP contribution in [-0.4, -0.2) is 26.5 Å². The van der Waals surface area contributed by atoms with Gasteiger partial charge in [-0.25, -0.2) is 0 Å². The number of amides is 1. The summed E-state index contributed by atoms with van der Waals surface area (Å²) < 4.78 is 1.63. The summed E-state index contributed by atoms with van der Waals surface area (Å²) in [6.07, 6.45) is 6.65. The van der Waals surface area contributed by atoms with Crippen LogP contribution in [0.4, 0.5) is 5.69 Å². The molecule has 1 aliphatic carbocycles. The number of aliphatic carboxylic acids is 1. The molecule has 0 atom stereocenters. The maximum atomic E-state index is 12.7. The number of fused-ring (bicyclic) bond motifs is 2. The van der Waals surface area contributed by atoms with E-state index in [0.29, 0.717) is 5.69 Å². The normalized spacial score (nSPS) is 13.7. The van der Waals surface area contributed by atoms with Gasteiger partial charge in [-0.2, -0.15) is 0 Å². The summed E-state index contributed by atoms with van der Waals surface area (Å²) in [4.78, 5) is 38.9. The molecule has 0 saturated heterocycles. The molecule has 0 bridgehead atoms. The Balaban J connectivity index is 1.59. The lowest BCUT2D eigenvalue weighted by atomic mass is 10.1. The van der Waals surface area contributed by atoms with Crippen LogP contribution in [-0.2, 0) is 24.2 Å². The minimum Gasteiger partial charge on any atom is -0.480 e. The summed E-state index contributed by atoms with van der Waals surface area (Å²) in [7, 11) is 0. The van der Waals surface area contributed by atoms with Crippen LogP contribution in [0.2, 0.25) is 0 Å². The average Bonchev–Trinajstić information content (AvgIpc) is 2.89. The SMILES string of the molecule is O=C(O)Cn1ccc2cc(NC(=O)c3cc4c([nH]c3=O)CCCCC4)ccc21. The maximum Gasteiger partial charge on any atom is 0.323 e. The summed E-state index contributed by atoms with van der Waals surface area (Å²) in [5.41, 5.74) is 3.06. The zero-order valence-electron chi connectivity index (χ0n) is 15.3. The number of aromatic nitrogens is 2. The number of H-pyrrole nitrogens is 1. The molecule has 0 spiro atoms. The first kappa shape index (κ1) is 18.0. The Morgan fingerprint density at radius 2 is 1.93 bits per heavy atom. The zero-order valence-corrected chi connectivity index (χ0v) is 15.3. The van der Waals surface area contributed by atoms with Crippen LogP contribution >= 0.6 is 0 Å². The van der Waals surface area contributed by atoms with Gasteiger partial charge < -0.3 is 20.0 Å². The van der Waals surface area contributed by atoms with E-state index in [4.69, 9.17) is 5.11 Å². The number of anilines is 1. The molecule has 1 aromatic carbocycles. The fourth-order valence-electron chi connectivity index (χ4n) is 3.78. The highest BCUT2D eigenvalue weighted by Crippen LogP contribution is 2.22. The molecule has 2 aromatic heterocycles. The average molecular weight is 379 g/mol. The van der Waals surface area contributed by atoms with Gasteiger partial charge >= 0.3 is 5.97 Å². The van der Waals surface area contributed by atoms with Crippen molar-refractivity contribution in [3.05, 3.63) is 63.7 Å². The third-order valence-electron chi connectivity index (χ3n) is 5.17. The van der Waals surface area contributed by atoms with Crippen molar-refractivity contribution >= 4 is 28.5 Å². The molecule has 0 radical (unpaired) electrons. The van der Waals surface area contributed by atoms with E-state index in [9.17, 15) is 14.4 Å². The first-order valence-corrected chi connectivity index (χ1v) is 9.38. The van der Waals surface area contributed by atoms with Crippen molar-refractivity contribution in [2.24, 2.45) is 0 Å². The second-order valence-corrected chi connectivity index (χ2v) is 7.14. The number of nitrogens with zero attached hydrogens (tertiary/aromatic N) is 1. The quantitative estimate of drug-likeness (QED) is 0.606. The monoisotopic (exact) mass is 379 g/mol. The van der Waals surface area contributed by atoms with Gasteiger partial charge in [-0.1, -0.05) is 6.42 Å². The Morgan fingerprint density at radius 1 is 1.11 bits per heavy atom. The number of nitrogens with one attached hydrogen (secondary N) is 2. The first-order chi connectivity index (χ1) is 13.5. The Bertz CT molecular complexity index is 1130. The summed E-state index contributed by atoms with van der Waals surface area (Å²) in [5.74, 6) is -1.37. The zero-order chi connectivity index (χ0) is 19.7. The van der Waals surface area contributed by atoms with Crippen LogP contribution < -0.4 is 10.9 Å². The molecular formula is C21H21N3O4. The minimum absolute atomic E-state index is 0.115. The Labute approximate surface area is 161 Å². The largest absolute Gasteiger partial charge is 0.480 e. The highest BCUT2D eigenvalue weighted by atomic mass is 16.4. The standard InChI is InChI=1S/C21H21N3O4/c25-19(26)12-24-9-8-14-10-15(6-7-18(14)24)22-20(27)16-11-13-4-2-1-3-5-17(13)23-21(16)28/h6-11H,1-5,12H2,(H,22,27)(H,23,28)(H,25,26). The highest BCUT2D eigenvalue weighted by Gasteiger charge is 2.17. The predicted molar refractivity (Wildman–Crippen MR) is 106 cm³/mol. The number of carbonyl (C=O) groups excluding carboxylic acids is 1. The van der Waals surface area contributed by atoms with Crippen molar-refractivity contribution in [2.75, 3.05) is 5.32 Å². The van der Waals surface area contributed by atoms with Crippen LogP contribution in [0.3, 0.4) is 0 Å². The van der Waals surface area contributed by atoms with Crippen molar-refractivity contribution in [3.8, 4) is 0 Å². The molecule has 4 rings (SSSR count). The Morgan fingerprint density at radius 3 is 2.75 bits per heavy atom. The fraction of sp³-hybridized carbons (Fsp3) is 0.286. The highest BCUT2D eigenvalue weighted by molar-refractivity contribution is 6.05. The van der Waals surface area contributed by atoms with E-state index in [1.165, 1.54) is 0 Å². The van der Waals surface area contributed by atoms with Crippen LogP contribution in [0.25, 0.3) is 10.9 Å². The lowest BCUT2D eigenvalue weighted by Crippen LogP contribution is -2.25. The van der Waals surface area contributed by atoms with Crippen molar-refractivity contribution in [1.82, 2.24) is 9.55 Å². The second kappa shape index (κ2) is 7.34. The number of hydrogen-bond acceptors (Lipinski definition) is 3. The molecule has 144 valence electrons. The molecule has 2 heterocycles. The lowest BCUT2D eigenvalue weighted by Gasteiger charge is -2.10. The summed E-state index contributed by atoms with van der Waals surface area (Å²) in [6.45, 7) is -0.125. The van der Waals surface area contributed by atoms with E-state index in [1.54, 1.807) is 41.1 Å². The number of aromatic amines is 1. The molecule has 3 N–H and O–H groups in total. The number of carbonyl (C=O) groups is 2. The van der Waals surface area contributed by atoms with E-state index in [1.807, 2.05) is 0 Å². The van der Waals surface area contributed by atoms with Gasteiger partial charge in [-0.3, -0.25) is 14.4 Å². The van der Waals surface area contributed by atoms with E-state index in [0.717, 1.165) is 54.3 Å². The fourth-order valence-corrected chi connectivity index (χ4v) is 3.78. The molecule has 0 saturated carbocycles. The molecule has 28 heavy (non-hydrogen) atoms. The van der Waals surface area contributed by atoms with E-state index < -0.39 is 11.9 Å². The number of hydrogen-bond donors (Lipinski definition) is 3. The topological polar surface area (TPSA) is 104 Å². The first-order valence-electron chi connectivity index (χ1n) is 9.38. The molecule has 3 aromatic rings. The molecule has 1 amide bonds. The predicted octanol–water partition coefficient (Wildman–Crippen LogP) is 2.94. The van der Waals surface area contributed by atoms with Crippen LogP contribution in [0.5, 0.6) is 0 Å². The van der Waals surface area contributed by atoms with Crippen molar-refractivity contribution in [3.63, 3.8) is 0 Å². The minimum atomic E-state index is -0.919. The van der Waals surface area contributed by atoms with Gasteiger partial charge in [0.05, 0.1) is 0 Å². The van der Waals surface area contributed by atoms with Crippen LogP contribution in [0.15, 0.2) is 41.3 Å². The second-order valence-electron chi connectivity index (χ2n) is 7.14. The number of benzene rings is 1. The van der Waals surface area contributed by atoms with Crippen LogP contribution in [0.1, 0.15) is 40.9 Å². The molecule has 0 aliphatic heterocycles. The smallest absolute Gasteiger partial charge is 0.323 e. The summed E-state index contributed by atoms with van der Waals surface area (Å²) in [5, 5.41) is 12.6. The third kappa shape index (κ3) is 3.55. The molecular weight excluding hydrogens is 358 g/mol. The number of aryl methyl sites for hydroxylation is 2. The molecule has 1 aliphatic rings. The number of pyridine rings is 1. The number of carboxylic acid groups (broad SMARTS) is 1. The van der Waals surface area contributed by atoms with Crippen molar-refractivity contribution in [2.45, 2.75) is 38.6 Å². The molecule has 0 fully saturated rings. The van der Waals surface area contributed by atoms with Gasteiger partial charge in [-0.05, 0) is 61.6 Å². The van der Waals surface area contributed by atoms with Gasteiger partial charge in [-0.15, -0.1) is 0 Å². The van der Waals surface area contributed by atoms with E-state index in [-0.39, 0.29) is 17.7 Å². The molecule has 7 heteroatoms. The maximum absolute atomic E-state index is 12.7. The molecule has 0 unspecified atom stereocenters. The van der Waals surface area contributed by atoms with Gasteiger partial charge in [0.25, 0.3) is 11.5 Å². The van der Waals surface area contributed by atoms with Crippen LogP contribution in [0, 0.1) is 0 Å². The Kier molecular flexibility index (Phi) is 4.73. The summed E-state index contributed by atoms with van der Waals surface area (Å²) >= 11 is 0. The third-order valence-corrected chi connectivity index (χ3v) is 5.17. The van der Waals surface area contributed by atoms with Gasteiger partial charge in [0.15, 0.2) is 0 Å². The number of rotatable bonds is 4. The number of carboxylic acids is 1. The van der Waals surface area contributed by atoms with Gasteiger partial charge in [0.2, 0.25) is 0 Å². The van der Waals surface area contributed by atoms with Gasteiger partial charge in [0, 0.05) is 28.5 Å². The van der Waals surface area contributed by atoms with Crippen molar-refractivity contribution in [1.29, 1.82) is 0 Å². The van der Waals surface area contributed by atoms with Gasteiger partial charge in [0.1, 0.15) is 12.1 Å².